The van der Waals surface area contributed by atoms with Crippen LogP contribution >= 0.6 is 12.2 Å². The lowest BCUT2D eigenvalue weighted by Gasteiger charge is -2.31. The standard InChI is InChI=1S/C10H21N3S/c11-6-4-5-9(12)10(14)13-7-2-1-3-8-13/h9H,1-8,11-12H2. The average Bonchev–Trinajstić information content (AvgIpc) is 2.26. The van der Waals surface area contributed by atoms with Gasteiger partial charge in [0, 0.05) is 13.1 Å². The van der Waals surface area contributed by atoms with Crippen LogP contribution < -0.4 is 11.5 Å². The monoisotopic (exact) mass is 215 g/mol. The molecule has 0 aromatic rings. The van der Waals surface area contributed by atoms with Crippen molar-refractivity contribution in [1.82, 2.24) is 4.90 Å². The van der Waals surface area contributed by atoms with Crippen LogP contribution in [0.4, 0.5) is 0 Å². The van der Waals surface area contributed by atoms with E-state index in [0.29, 0.717) is 6.54 Å². The number of rotatable bonds is 4. The summed E-state index contributed by atoms with van der Waals surface area (Å²) in [4.78, 5) is 3.21. The number of nitrogens with two attached hydrogens (primary N) is 2. The summed E-state index contributed by atoms with van der Waals surface area (Å²) >= 11 is 5.37. The fourth-order valence-corrected chi connectivity index (χ4v) is 2.11. The Bertz CT molecular complexity index is 178. The smallest absolute Gasteiger partial charge is 0.0949 e. The Labute approximate surface area is 91.8 Å². The number of nitrogens with zero attached hydrogens (tertiary/aromatic N) is 1. The second kappa shape index (κ2) is 6.32. The van der Waals surface area contributed by atoms with Gasteiger partial charge in [-0.1, -0.05) is 12.2 Å². The number of hydrogen-bond acceptors (Lipinski definition) is 3. The van der Waals surface area contributed by atoms with Crippen LogP contribution in [-0.2, 0) is 0 Å². The van der Waals surface area contributed by atoms with Crippen molar-refractivity contribution in [1.29, 1.82) is 0 Å². The molecule has 0 spiro atoms. The summed E-state index contributed by atoms with van der Waals surface area (Å²) in [6.45, 7) is 2.89. The van der Waals surface area contributed by atoms with E-state index in [1.807, 2.05) is 0 Å². The van der Waals surface area contributed by atoms with Crippen LogP contribution in [0.5, 0.6) is 0 Å². The van der Waals surface area contributed by atoms with Gasteiger partial charge in [0.25, 0.3) is 0 Å². The van der Waals surface area contributed by atoms with Crippen LogP contribution in [0.3, 0.4) is 0 Å². The first-order valence-corrected chi connectivity index (χ1v) is 5.91. The topological polar surface area (TPSA) is 55.3 Å². The van der Waals surface area contributed by atoms with E-state index in [-0.39, 0.29) is 6.04 Å². The SMILES string of the molecule is NCCCC(N)C(=S)N1CCCCC1. The minimum atomic E-state index is 0.0339. The van der Waals surface area contributed by atoms with E-state index in [1.165, 1.54) is 19.3 Å². The Morgan fingerprint density at radius 3 is 2.50 bits per heavy atom. The Morgan fingerprint density at radius 2 is 1.93 bits per heavy atom. The summed E-state index contributed by atoms with van der Waals surface area (Å²) < 4.78 is 0. The van der Waals surface area contributed by atoms with E-state index >= 15 is 0 Å². The lowest BCUT2D eigenvalue weighted by atomic mass is 10.1. The fourth-order valence-electron chi connectivity index (χ4n) is 1.81. The molecule has 1 aliphatic heterocycles. The summed E-state index contributed by atoms with van der Waals surface area (Å²) in [7, 11) is 0. The van der Waals surface area contributed by atoms with Gasteiger partial charge in [-0.2, -0.15) is 0 Å². The van der Waals surface area contributed by atoms with Crippen LogP contribution in [0, 0.1) is 0 Å². The third-order valence-corrected chi connectivity index (χ3v) is 3.27. The van der Waals surface area contributed by atoms with Gasteiger partial charge in [0.05, 0.1) is 11.0 Å². The van der Waals surface area contributed by atoms with Gasteiger partial charge >= 0.3 is 0 Å². The molecule has 82 valence electrons. The van der Waals surface area contributed by atoms with Crippen molar-refractivity contribution in [3.63, 3.8) is 0 Å². The predicted octanol–water partition coefficient (Wildman–Crippen LogP) is 0.866. The van der Waals surface area contributed by atoms with E-state index < -0.39 is 0 Å². The number of hydrogen-bond donors (Lipinski definition) is 2. The molecule has 1 rings (SSSR count). The molecule has 1 heterocycles. The summed E-state index contributed by atoms with van der Waals surface area (Å²) in [5.41, 5.74) is 11.4. The molecule has 3 nitrogen and oxygen atoms in total. The molecular formula is C10H21N3S. The van der Waals surface area contributed by atoms with Crippen molar-refractivity contribution in [3.8, 4) is 0 Å². The highest BCUT2D eigenvalue weighted by Gasteiger charge is 2.18. The normalized spacial score (nSPS) is 19.4. The zero-order valence-corrected chi connectivity index (χ0v) is 9.56. The first kappa shape index (κ1) is 11.9. The number of thiocarbonyl (C=S) groups is 1. The van der Waals surface area contributed by atoms with Gasteiger partial charge in [0.1, 0.15) is 0 Å². The third-order valence-electron chi connectivity index (χ3n) is 2.70. The zero-order valence-electron chi connectivity index (χ0n) is 8.74. The maximum atomic E-state index is 6.00. The van der Waals surface area contributed by atoms with Gasteiger partial charge in [-0.25, -0.2) is 0 Å². The molecule has 1 fully saturated rings. The molecule has 4 heteroatoms. The lowest BCUT2D eigenvalue weighted by molar-refractivity contribution is 0.337. The van der Waals surface area contributed by atoms with E-state index in [4.69, 9.17) is 23.7 Å². The zero-order chi connectivity index (χ0) is 10.4. The Hall–Kier alpha value is -0.190. The molecule has 0 radical (unpaired) electrons. The number of piperidine rings is 1. The van der Waals surface area contributed by atoms with Gasteiger partial charge in [-0.15, -0.1) is 0 Å². The highest BCUT2D eigenvalue weighted by Crippen LogP contribution is 2.11. The van der Waals surface area contributed by atoms with Gasteiger partial charge in [-0.3, -0.25) is 0 Å². The predicted molar refractivity (Wildman–Crippen MR) is 64.3 cm³/mol. The molecule has 1 saturated heterocycles. The molecule has 0 aliphatic carbocycles. The molecule has 0 aromatic carbocycles. The van der Waals surface area contributed by atoms with Gasteiger partial charge in [0.15, 0.2) is 0 Å². The molecule has 1 atom stereocenters. The third kappa shape index (κ3) is 3.52. The molecule has 0 amide bonds. The van der Waals surface area contributed by atoms with E-state index in [2.05, 4.69) is 4.90 Å². The minimum absolute atomic E-state index is 0.0339. The van der Waals surface area contributed by atoms with Crippen molar-refractivity contribution in [2.45, 2.75) is 38.1 Å². The Balaban J connectivity index is 2.30. The van der Waals surface area contributed by atoms with Crippen molar-refractivity contribution in [2.24, 2.45) is 11.5 Å². The molecule has 1 aliphatic rings. The molecular weight excluding hydrogens is 194 g/mol. The van der Waals surface area contributed by atoms with Crippen LogP contribution in [0.15, 0.2) is 0 Å². The molecule has 4 N–H and O–H groups in total. The molecule has 0 aromatic heterocycles. The number of likely N-dealkylation sites (tertiary alicyclic amines) is 1. The van der Waals surface area contributed by atoms with Crippen molar-refractivity contribution < 1.29 is 0 Å². The Kier molecular flexibility index (Phi) is 5.37. The quantitative estimate of drug-likeness (QED) is 0.683. The van der Waals surface area contributed by atoms with Crippen molar-refractivity contribution in [2.75, 3.05) is 19.6 Å². The van der Waals surface area contributed by atoms with Gasteiger partial charge < -0.3 is 16.4 Å². The first-order valence-electron chi connectivity index (χ1n) is 5.50. The van der Waals surface area contributed by atoms with E-state index in [9.17, 15) is 0 Å². The highest BCUT2D eigenvalue weighted by molar-refractivity contribution is 7.80. The lowest BCUT2D eigenvalue weighted by Crippen LogP contribution is -2.44. The largest absolute Gasteiger partial charge is 0.365 e. The summed E-state index contributed by atoms with van der Waals surface area (Å²) in [6, 6.07) is 0.0339. The van der Waals surface area contributed by atoms with E-state index in [0.717, 1.165) is 30.9 Å². The van der Waals surface area contributed by atoms with Crippen LogP contribution in [0.1, 0.15) is 32.1 Å². The molecule has 14 heavy (non-hydrogen) atoms. The van der Waals surface area contributed by atoms with Crippen molar-refractivity contribution in [3.05, 3.63) is 0 Å². The van der Waals surface area contributed by atoms with Gasteiger partial charge in [-0.05, 0) is 38.6 Å². The Morgan fingerprint density at radius 1 is 1.29 bits per heavy atom. The van der Waals surface area contributed by atoms with Crippen LogP contribution in [-0.4, -0.2) is 35.6 Å². The van der Waals surface area contributed by atoms with Crippen LogP contribution in [0.25, 0.3) is 0 Å². The fraction of sp³-hybridized carbons (Fsp3) is 0.900. The summed E-state index contributed by atoms with van der Waals surface area (Å²) in [6.07, 6.45) is 5.73. The minimum Gasteiger partial charge on any atom is -0.365 e. The van der Waals surface area contributed by atoms with Crippen molar-refractivity contribution >= 4 is 17.2 Å². The van der Waals surface area contributed by atoms with Crippen LogP contribution in [0.2, 0.25) is 0 Å². The van der Waals surface area contributed by atoms with E-state index in [1.54, 1.807) is 0 Å². The second-order valence-corrected chi connectivity index (χ2v) is 4.34. The molecule has 0 bridgehead atoms. The maximum Gasteiger partial charge on any atom is 0.0949 e. The molecule has 0 saturated carbocycles. The highest BCUT2D eigenvalue weighted by atomic mass is 32.1. The summed E-state index contributed by atoms with van der Waals surface area (Å²) in [5.74, 6) is 0. The maximum absolute atomic E-state index is 6.00. The molecule has 1 unspecified atom stereocenters. The van der Waals surface area contributed by atoms with Gasteiger partial charge in [0.2, 0.25) is 0 Å². The second-order valence-electron chi connectivity index (χ2n) is 3.92. The average molecular weight is 215 g/mol. The first-order chi connectivity index (χ1) is 6.75. The summed E-state index contributed by atoms with van der Waals surface area (Å²) in [5, 5.41) is 0.